The lowest BCUT2D eigenvalue weighted by atomic mass is 10.1. The molecule has 3 heteroatoms. The molecule has 0 aliphatic carbocycles. The number of anilines is 1. The summed E-state index contributed by atoms with van der Waals surface area (Å²) in [5.74, 6) is 0. The summed E-state index contributed by atoms with van der Waals surface area (Å²) < 4.78 is 0. The summed E-state index contributed by atoms with van der Waals surface area (Å²) in [6, 6.07) is 11.6. The van der Waals surface area contributed by atoms with Crippen molar-refractivity contribution in [2.75, 3.05) is 18.1 Å². The van der Waals surface area contributed by atoms with Crippen LogP contribution in [-0.2, 0) is 0 Å². The molecule has 2 N–H and O–H groups in total. The molecule has 1 heterocycles. The van der Waals surface area contributed by atoms with Gasteiger partial charge in [-0.2, -0.15) is 0 Å². The van der Waals surface area contributed by atoms with Crippen molar-refractivity contribution in [3.8, 4) is 0 Å². The summed E-state index contributed by atoms with van der Waals surface area (Å²) in [6.07, 6.45) is 1.15. The highest BCUT2D eigenvalue weighted by Gasteiger charge is 2.34. The van der Waals surface area contributed by atoms with Gasteiger partial charge in [0.2, 0.25) is 0 Å². The first kappa shape index (κ1) is 11.4. The first-order chi connectivity index (χ1) is 7.77. The van der Waals surface area contributed by atoms with Gasteiger partial charge in [-0.25, -0.2) is 5.01 Å². The number of para-hydroxylation sites is 1. The number of hydrogen-bond donors (Lipinski definition) is 1. The number of nitrogens with zero attached hydrogens (tertiary/aromatic N) is 2. The fourth-order valence-electron chi connectivity index (χ4n) is 2.66. The Bertz CT molecular complexity index is 325. The normalized spacial score (nSPS) is 26.3. The Morgan fingerprint density at radius 1 is 1.31 bits per heavy atom. The summed E-state index contributed by atoms with van der Waals surface area (Å²) in [7, 11) is 0. The molecule has 2 rings (SSSR count). The van der Waals surface area contributed by atoms with E-state index in [2.05, 4.69) is 54.2 Å². The second kappa shape index (κ2) is 4.85. The lowest BCUT2D eigenvalue weighted by molar-refractivity contribution is 0.247. The zero-order chi connectivity index (χ0) is 11.5. The lowest BCUT2D eigenvalue weighted by Gasteiger charge is -2.34. The number of benzene rings is 1. The highest BCUT2D eigenvalue weighted by molar-refractivity contribution is 5.47. The van der Waals surface area contributed by atoms with E-state index in [-0.39, 0.29) is 0 Å². The number of hydrogen-bond acceptors (Lipinski definition) is 3. The van der Waals surface area contributed by atoms with Crippen molar-refractivity contribution in [3.05, 3.63) is 30.3 Å². The molecule has 2 unspecified atom stereocenters. The van der Waals surface area contributed by atoms with E-state index in [1.54, 1.807) is 0 Å². The molecule has 0 bridgehead atoms. The molecule has 1 aromatic carbocycles. The highest BCUT2D eigenvalue weighted by Crippen LogP contribution is 2.29. The van der Waals surface area contributed by atoms with Gasteiger partial charge in [0.25, 0.3) is 0 Å². The predicted octanol–water partition coefficient (Wildman–Crippen LogP) is 1.85. The maximum Gasteiger partial charge on any atom is 0.0525 e. The van der Waals surface area contributed by atoms with E-state index in [0.29, 0.717) is 12.1 Å². The van der Waals surface area contributed by atoms with Crippen molar-refractivity contribution >= 4 is 5.69 Å². The van der Waals surface area contributed by atoms with Crippen molar-refractivity contribution in [2.45, 2.75) is 32.4 Å². The van der Waals surface area contributed by atoms with Crippen LogP contribution in [0.15, 0.2) is 30.3 Å². The van der Waals surface area contributed by atoms with Crippen LogP contribution in [0.5, 0.6) is 0 Å². The van der Waals surface area contributed by atoms with E-state index < -0.39 is 0 Å². The molecule has 0 amide bonds. The minimum atomic E-state index is 0.486. The van der Waals surface area contributed by atoms with E-state index in [1.807, 2.05) is 0 Å². The number of nitrogens with two attached hydrogens (primary N) is 1. The zero-order valence-corrected chi connectivity index (χ0v) is 10.1. The molecule has 0 radical (unpaired) electrons. The van der Waals surface area contributed by atoms with E-state index >= 15 is 0 Å². The first-order valence-corrected chi connectivity index (χ1v) is 6.08. The van der Waals surface area contributed by atoms with Gasteiger partial charge in [0, 0.05) is 25.2 Å². The van der Waals surface area contributed by atoms with Crippen LogP contribution < -0.4 is 10.7 Å². The topological polar surface area (TPSA) is 32.5 Å². The monoisotopic (exact) mass is 219 g/mol. The summed E-state index contributed by atoms with van der Waals surface area (Å²) in [5, 5.41) is 4.78. The van der Waals surface area contributed by atoms with Crippen LogP contribution in [0, 0.1) is 0 Å². The molecule has 1 fully saturated rings. The molecule has 0 saturated carbocycles. The Morgan fingerprint density at radius 3 is 2.56 bits per heavy atom. The van der Waals surface area contributed by atoms with Crippen LogP contribution in [0.25, 0.3) is 0 Å². The van der Waals surface area contributed by atoms with Crippen LogP contribution in [0.2, 0.25) is 0 Å². The number of hydrazine groups is 1. The van der Waals surface area contributed by atoms with Crippen LogP contribution in [0.4, 0.5) is 5.69 Å². The Labute approximate surface area is 97.8 Å². The molecule has 88 valence electrons. The Morgan fingerprint density at radius 2 is 2.00 bits per heavy atom. The summed E-state index contributed by atoms with van der Waals surface area (Å²) in [4.78, 5) is 0. The zero-order valence-electron chi connectivity index (χ0n) is 10.1. The number of likely N-dealkylation sites (N-methyl/N-ethyl adjacent to an activating group) is 1. The third-order valence-electron chi connectivity index (χ3n) is 3.35. The third-order valence-corrected chi connectivity index (χ3v) is 3.35. The Kier molecular flexibility index (Phi) is 3.46. The van der Waals surface area contributed by atoms with Gasteiger partial charge in [-0.15, -0.1) is 0 Å². The number of rotatable bonds is 3. The largest absolute Gasteiger partial charge is 0.329 e. The minimum absolute atomic E-state index is 0.486. The molecule has 3 nitrogen and oxygen atoms in total. The molecule has 1 saturated heterocycles. The van der Waals surface area contributed by atoms with Crippen LogP contribution in [0.3, 0.4) is 0 Å². The van der Waals surface area contributed by atoms with E-state index in [9.17, 15) is 0 Å². The minimum Gasteiger partial charge on any atom is -0.329 e. The van der Waals surface area contributed by atoms with Crippen LogP contribution in [-0.4, -0.2) is 30.2 Å². The van der Waals surface area contributed by atoms with Gasteiger partial charge in [0.15, 0.2) is 0 Å². The van der Waals surface area contributed by atoms with Crippen LogP contribution >= 0.6 is 0 Å². The van der Waals surface area contributed by atoms with Gasteiger partial charge in [-0.3, -0.25) is 0 Å². The van der Waals surface area contributed by atoms with Gasteiger partial charge in [-0.1, -0.05) is 25.1 Å². The van der Waals surface area contributed by atoms with Gasteiger partial charge in [-0.05, 0) is 25.5 Å². The summed E-state index contributed by atoms with van der Waals surface area (Å²) >= 11 is 0. The van der Waals surface area contributed by atoms with Gasteiger partial charge in [0.05, 0.1) is 5.69 Å². The second-order valence-electron chi connectivity index (χ2n) is 4.41. The molecular weight excluding hydrogens is 198 g/mol. The quantitative estimate of drug-likeness (QED) is 0.842. The van der Waals surface area contributed by atoms with Crippen molar-refractivity contribution in [1.82, 2.24) is 5.01 Å². The molecule has 0 aromatic heterocycles. The molecule has 2 atom stereocenters. The van der Waals surface area contributed by atoms with E-state index in [0.717, 1.165) is 19.5 Å². The standard InChI is InChI=1S/C13H21N3/c1-3-15-13(10-14)9-11(2)16(15)12-7-5-4-6-8-12/h4-8,11,13H,3,9-10,14H2,1-2H3. The fourth-order valence-corrected chi connectivity index (χ4v) is 2.66. The molecule has 1 aliphatic rings. The van der Waals surface area contributed by atoms with Crippen LogP contribution in [0.1, 0.15) is 20.3 Å². The van der Waals surface area contributed by atoms with Crippen molar-refractivity contribution in [1.29, 1.82) is 0 Å². The van der Waals surface area contributed by atoms with Crippen molar-refractivity contribution < 1.29 is 0 Å². The van der Waals surface area contributed by atoms with Crippen molar-refractivity contribution in [3.63, 3.8) is 0 Å². The molecule has 16 heavy (non-hydrogen) atoms. The molecule has 1 aliphatic heterocycles. The van der Waals surface area contributed by atoms with E-state index in [1.165, 1.54) is 5.69 Å². The van der Waals surface area contributed by atoms with E-state index in [4.69, 9.17) is 5.73 Å². The Balaban J connectivity index is 2.26. The smallest absolute Gasteiger partial charge is 0.0525 e. The molecular formula is C13H21N3. The average molecular weight is 219 g/mol. The molecule has 0 spiro atoms. The summed E-state index contributed by atoms with van der Waals surface area (Å²) in [6.45, 7) is 6.21. The SMILES string of the molecule is CCN1C(CN)CC(C)N1c1ccccc1. The lowest BCUT2D eigenvalue weighted by Crippen LogP contribution is -2.45. The Hall–Kier alpha value is -1.06. The highest BCUT2D eigenvalue weighted by atomic mass is 15.7. The average Bonchev–Trinajstić information content (AvgIpc) is 2.66. The van der Waals surface area contributed by atoms with Gasteiger partial charge in [0.1, 0.15) is 0 Å². The third kappa shape index (κ3) is 1.93. The first-order valence-electron chi connectivity index (χ1n) is 6.08. The fraction of sp³-hybridized carbons (Fsp3) is 0.538. The summed E-state index contributed by atoms with van der Waals surface area (Å²) in [5.41, 5.74) is 7.11. The maximum absolute atomic E-state index is 5.83. The second-order valence-corrected chi connectivity index (χ2v) is 4.41. The van der Waals surface area contributed by atoms with Gasteiger partial charge >= 0.3 is 0 Å². The van der Waals surface area contributed by atoms with Gasteiger partial charge < -0.3 is 10.7 Å². The maximum atomic E-state index is 5.83. The predicted molar refractivity (Wildman–Crippen MR) is 68.2 cm³/mol. The van der Waals surface area contributed by atoms with Crippen molar-refractivity contribution in [2.24, 2.45) is 5.73 Å². The molecule has 1 aromatic rings.